The third kappa shape index (κ3) is 2.10. The summed E-state index contributed by atoms with van der Waals surface area (Å²) in [5.41, 5.74) is 1.15. The molecule has 0 bridgehead atoms. The van der Waals surface area contributed by atoms with Gasteiger partial charge in [0.25, 0.3) is 0 Å². The molecule has 2 atom stereocenters. The second kappa shape index (κ2) is 4.77. The van der Waals surface area contributed by atoms with Crippen molar-refractivity contribution in [3.63, 3.8) is 0 Å². The first-order chi connectivity index (χ1) is 8.41. The maximum atomic E-state index is 6.09. The van der Waals surface area contributed by atoms with E-state index in [2.05, 4.69) is 35.6 Å². The highest BCUT2D eigenvalue weighted by atomic mass is 16.5. The minimum absolute atomic E-state index is 0.155. The van der Waals surface area contributed by atoms with Gasteiger partial charge in [0.15, 0.2) is 0 Å². The Hall–Kier alpha value is -0.900. The lowest BCUT2D eigenvalue weighted by Crippen LogP contribution is -2.56. The molecule has 0 aromatic heterocycles. The summed E-state index contributed by atoms with van der Waals surface area (Å²) in [6, 6.07) is 10.8. The average Bonchev–Trinajstić information content (AvgIpc) is 2.41. The highest BCUT2D eigenvalue weighted by molar-refractivity contribution is 5.23. The zero-order valence-corrected chi connectivity index (χ0v) is 10.0. The van der Waals surface area contributed by atoms with Gasteiger partial charge in [-0.2, -0.15) is 0 Å². The normalized spacial score (nSPS) is 33.8. The third-order valence-electron chi connectivity index (χ3n) is 3.73. The zero-order valence-electron chi connectivity index (χ0n) is 10.0. The van der Waals surface area contributed by atoms with Gasteiger partial charge in [-0.1, -0.05) is 30.3 Å². The van der Waals surface area contributed by atoms with Crippen LogP contribution in [0.15, 0.2) is 30.3 Å². The summed E-state index contributed by atoms with van der Waals surface area (Å²) in [6.07, 6.45) is 2.17. The van der Waals surface area contributed by atoms with E-state index in [1.54, 1.807) is 0 Å². The fraction of sp³-hybridized carbons (Fsp3) is 0.571. The maximum absolute atomic E-state index is 6.09. The molecule has 3 heteroatoms. The van der Waals surface area contributed by atoms with Crippen LogP contribution in [0.3, 0.4) is 0 Å². The van der Waals surface area contributed by atoms with Crippen LogP contribution in [0, 0.1) is 0 Å². The quantitative estimate of drug-likeness (QED) is 0.803. The molecular weight excluding hydrogens is 214 g/mol. The molecule has 3 rings (SSSR count). The van der Waals surface area contributed by atoms with E-state index in [9.17, 15) is 0 Å². The van der Waals surface area contributed by atoms with Gasteiger partial charge in [0.1, 0.15) is 5.60 Å². The van der Waals surface area contributed by atoms with Crippen LogP contribution in [-0.4, -0.2) is 32.0 Å². The summed E-state index contributed by atoms with van der Waals surface area (Å²) in [7, 11) is 0. The molecule has 2 heterocycles. The fourth-order valence-corrected chi connectivity index (χ4v) is 2.93. The molecule has 1 aromatic rings. The summed E-state index contributed by atoms with van der Waals surface area (Å²) in [5.74, 6) is 0. The molecule has 17 heavy (non-hydrogen) atoms. The molecule has 1 spiro atoms. The van der Waals surface area contributed by atoms with E-state index in [0.29, 0.717) is 6.61 Å². The molecule has 2 fully saturated rings. The van der Waals surface area contributed by atoms with Gasteiger partial charge >= 0.3 is 0 Å². The molecule has 0 saturated carbocycles. The first-order valence-electron chi connectivity index (χ1n) is 6.41. The lowest BCUT2D eigenvalue weighted by molar-refractivity contribution is -0.165. The highest BCUT2D eigenvalue weighted by Crippen LogP contribution is 2.37. The van der Waals surface area contributed by atoms with E-state index < -0.39 is 0 Å². The summed E-state index contributed by atoms with van der Waals surface area (Å²) in [6.45, 7) is 3.28. The van der Waals surface area contributed by atoms with Crippen molar-refractivity contribution in [1.82, 2.24) is 5.32 Å². The molecule has 2 aliphatic rings. The molecule has 1 N–H and O–H groups in total. The molecule has 3 nitrogen and oxygen atoms in total. The van der Waals surface area contributed by atoms with Gasteiger partial charge in [-0.15, -0.1) is 0 Å². The van der Waals surface area contributed by atoms with Gasteiger partial charge in [-0.3, -0.25) is 0 Å². The summed E-state index contributed by atoms with van der Waals surface area (Å²) in [5, 5.41) is 3.59. The van der Waals surface area contributed by atoms with Crippen molar-refractivity contribution in [2.45, 2.75) is 24.5 Å². The van der Waals surface area contributed by atoms with Gasteiger partial charge in [-0.05, 0) is 18.4 Å². The summed E-state index contributed by atoms with van der Waals surface area (Å²) < 4.78 is 11.7. The van der Waals surface area contributed by atoms with Gasteiger partial charge < -0.3 is 14.8 Å². The van der Waals surface area contributed by atoms with Crippen LogP contribution in [-0.2, 0) is 9.47 Å². The minimum Gasteiger partial charge on any atom is -0.378 e. The Morgan fingerprint density at radius 3 is 2.82 bits per heavy atom. The predicted octanol–water partition coefficient (Wildman–Crippen LogP) is 1.90. The van der Waals surface area contributed by atoms with Crippen LogP contribution in [0.5, 0.6) is 0 Å². The number of morpholine rings is 1. The Bertz CT molecular complexity index is 351. The molecule has 1 aromatic carbocycles. The largest absolute Gasteiger partial charge is 0.378 e. The zero-order chi connectivity index (χ0) is 11.6. The highest BCUT2D eigenvalue weighted by Gasteiger charge is 2.44. The molecular formula is C14H19NO2. The smallest absolute Gasteiger partial charge is 0.111 e. The van der Waals surface area contributed by atoms with Gasteiger partial charge in [-0.25, -0.2) is 0 Å². The lowest BCUT2D eigenvalue weighted by Gasteiger charge is -2.46. The van der Waals surface area contributed by atoms with E-state index in [1.807, 2.05) is 0 Å². The molecule has 0 aliphatic carbocycles. The predicted molar refractivity (Wildman–Crippen MR) is 65.9 cm³/mol. The standard InChI is InChI=1S/C14H19NO2/c1-2-5-12(6-3-1)13-14(17-10-8-15-13)7-4-9-16-11-14/h1-3,5-6,13,15H,4,7-11H2. The van der Waals surface area contributed by atoms with E-state index >= 15 is 0 Å². The first kappa shape index (κ1) is 11.2. The van der Waals surface area contributed by atoms with Gasteiger partial charge in [0.2, 0.25) is 0 Å². The molecule has 2 saturated heterocycles. The van der Waals surface area contributed by atoms with Gasteiger partial charge in [0, 0.05) is 13.2 Å². The Labute approximate surface area is 102 Å². The lowest BCUT2D eigenvalue weighted by atomic mass is 9.83. The van der Waals surface area contributed by atoms with Crippen LogP contribution >= 0.6 is 0 Å². The van der Waals surface area contributed by atoms with Crippen molar-refractivity contribution in [1.29, 1.82) is 0 Å². The van der Waals surface area contributed by atoms with Crippen LogP contribution < -0.4 is 5.32 Å². The molecule has 2 unspecified atom stereocenters. The third-order valence-corrected chi connectivity index (χ3v) is 3.73. The van der Waals surface area contributed by atoms with Crippen LogP contribution in [0.4, 0.5) is 0 Å². The van der Waals surface area contributed by atoms with E-state index in [4.69, 9.17) is 9.47 Å². The van der Waals surface area contributed by atoms with E-state index in [0.717, 1.165) is 32.6 Å². The maximum Gasteiger partial charge on any atom is 0.111 e. The number of hydrogen-bond donors (Lipinski definition) is 1. The second-order valence-corrected chi connectivity index (χ2v) is 4.87. The minimum atomic E-state index is -0.155. The van der Waals surface area contributed by atoms with Crippen LogP contribution in [0.1, 0.15) is 24.4 Å². The van der Waals surface area contributed by atoms with Crippen molar-refractivity contribution in [3.05, 3.63) is 35.9 Å². The Balaban J connectivity index is 1.89. The second-order valence-electron chi connectivity index (χ2n) is 4.87. The van der Waals surface area contributed by atoms with Crippen molar-refractivity contribution in [3.8, 4) is 0 Å². The molecule has 0 radical (unpaired) electrons. The van der Waals surface area contributed by atoms with Gasteiger partial charge in [0.05, 0.1) is 19.3 Å². The van der Waals surface area contributed by atoms with Crippen molar-refractivity contribution in [2.24, 2.45) is 0 Å². The first-order valence-corrected chi connectivity index (χ1v) is 6.41. The van der Waals surface area contributed by atoms with Crippen molar-refractivity contribution < 1.29 is 9.47 Å². The summed E-state index contributed by atoms with van der Waals surface area (Å²) >= 11 is 0. The number of rotatable bonds is 1. The van der Waals surface area contributed by atoms with E-state index in [1.165, 1.54) is 5.56 Å². The Morgan fingerprint density at radius 1 is 1.18 bits per heavy atom. The monoisotopic (exact) mass is 233 g/mol. The van der Waals surface area contributed by atoms with Crippen molar-refractivity contribution in [2.75, 3.05) is 26.4 Å². The summed E-state index contributed by atoms with van der Waals surface area (Å²) in [4.78, 5) is 0. The number of benzene rings is 1. The molecule has 2 aliphatic heterocycles. The van der Waals surface area contributed by atoms with Crippen molar-refractivity contribution >= 4 is 0 Å². The Morgan fingerprint density at radius 2 is 2.06 bits per heavy atom. The van der Waals surface area contributed by atoms with Crippen LogP contribution in [0.2, 0.25) is 0 Å². The Kier molecular flexibility index (Phi) is 3.14. The topological polar surface area (TPSA) is 30.5 Å². The number of nitrogens with one attached hydrogen (secondary N) is 1. The fourth-order valence-electron chi connectivity index (χ4n) is 2.93. The SMILES string of the molecule is c1ccc(C2NCCOC23CCCOC3)cc1. The average molecular weight is 233 g/mol. The molecule has 0 amide bonds. The van der Waals surface area contributed by atoms with Crippen LogP contribution in [0.25, 0.3) is 0 Å². The number of ether oxygens (including phenoxy) is 2. The van der Waals surface area contributed by atoms with E-state index in [-0.39, 0.29) is 11.6 Å². The molecule has 92 valence electrons. The number of hydrogen-bond acceptors (Lipinski definition) is 3.